The van der Waals surface area contributed by atoms with Crippen molar-refractivity contribution in [2.75, 3.05) is 47.4 Å². The minimum absolute atomic E-state index is 0.146. The Balaban J connectivity index is 1.65. The molecule has 0 saturated carbocycles. The second kappa shape index (κ2) is 17.3. The van der Waals surface area contributed by atoms with Gasteiger partial charge in [-0.15, -0.1) is 0 Å². The number of rotatable bonds is 19. The minimum Gasteiger partial charge on any atom is -0.497 e. The van der Waals surface area contributed by atoms with Crippen LogP contribution in [0.15, 0.2) is 84.9 Å². The van der Waals surface area contributed by atoms with Gasteiger partial charge in [0, 0.05) is 13.5 Å². The van der Waals surface area contributed by atoms with Gasteiger partial charge in [-0.05, 0) is 28.8 Å². The van der Waals surface area contributed by atoms with Crippen LogP contribution in [0.4, 0.5) is 0 Å². The van der Waals surface area contributed by atoms with Crippen molar-refractivity contribution in [2.24, 2.45) is 0 Å². The summed E-state index contributed by atoms with van der Waals surface area (Å²) in [6.45, 7) is 1.50. The molecule has 210 valence electrons. The lowest BCUT2D eigenvalue weighted by molar-refractivity contribution is -0.178. The first-order chi connectivity index (χ1) is 19.1. The highest BCUT2D eigenvalue weighted by molar-refractivity contribution is 5.70. The third kappa shape index (κ3) is 11.6. The molecule has 8 nitrogen and oxygen atoms in total. The molecule has 1 unspecified atom stereocenters. The van der Waals surface area contributed by atoms with E-state index in [1.165, 1.54) is 0 Å². The molecule has 0 radical (unpaired) electrons. The first-order valence-corrected chi connectivity index (χ1v) is 12.8. The Hall–Kier alpha value is -3.27. The molecule has 0 heterocycles. The first-order valence-electron chi connectivity index (χ1n) is 12.8. The van der Waals surface area contributed by atoms with Crippen molar-refractivity contribution < 1.29 is 38.0 Å². The molecule has 0 aliphatic heterocycles. The van der Waals surface area contributed by atoms with Crippen LogP contribution in [0.5, 0.6) is 5.75 Å². The largest absolute Gasteiger partial charge is 0.497 e. The molecule has 0 aromatic heterocycles. The highest BCUT2D eigenvalue weighted by Crippen LogP contribution is 2.21. The van der Waals surface area contributed by atoms with Crippen LogP contribution in [0, 0.1) is 0 Å². The summed E-state index contributed by atoms with van der Waals surface area (Å²) >= 11 is 0. The fourth-order valence-electron chi connectivity index (χ4n) is 3.74. The highest BCUT2D eigenvalue weighted by atomic mass is 16.7. The van der Waals surface area contributed by atoms with E-state index in [9.17, 15) is 4.79 Å². The van der Waals surface area contributed by atoms with E-state index < -0.39 is 11.6 Å². The number of ether oxygens (including phenoxy) is 7. The molecule has 0 fully saturated rings. The second-order valence-corrected chi connectivity index (χ2v) is 9.00. The maximum Gasteiger partial charge on any atom is 0.332 e. The Kier molecular flexibility index (Phi) is 13.5. The van der Waals surface area contributed by atoms with E-state index in [1.54, 1.807) is 14.2 Å². The SMILES string of the molecule is COCOCCC(COCc1ccccc1)(COCc1ccc(OC)cc1)OCC(=O)OCc1ccccc1. The van der Waals surface area contributed by atoms with E-state index in [2.05, 4.69) is 0 Å². The monoisotopic (exact) mass is 538 g/mol. The van der Waals surface area contributed by atoms with Crippen molar-refractivity contribution in [3.63, 3.8) is 0 Å². The Labute approximate surface area is 230 Å². The normalized spacial score (nSPS) is 12.6. The smallest absolute Gasteiger partial charge is 0.332 e. The Bertz CT molecular complexity index is 1060. The third-order valence-electron chi connectivity index (χ3n) is 5.91. The van der Waals surface area contributed by atoms with Crippen LogP contribution in [-0.4, -0.2) is 59.0 Å². The number of methoxy groups -OCH3 is 2. The number of esters is 1. The van der Waals surface area contributed by atoms with Gasteiger partial charge in [0.1, 0.15) is 31.4 Å². The predicted molar refractivity (Wildman–Crippen MR) is 146 cm³/mol. The summed E-state index contributed by atoms with van der Waals surface area (Å²) in [5.74, 6) is 0.300. The summed E-state index contributed by atoms with van der Waals surface area (Å²) in [7, 11) is 3.19. The summed E-state index contributed by atoms with van der Waals surface area (Å²) in [5.41, 5.74) is 1.95. The fraction of sp³-hybridized carbons (Fsp3) is 0.387. The lowest BCUT2D eigenvalue weighted by atomic mass is 10.0. The van der Waals surface area contributed by atoms with Gasteiger partial charge in [0.05, 0.1) is 40.1 Å². The van der Waals surface area contributed by atoms with Gasteiger partial charge in [0.25, 0.3) is 0 Å². The van der Waals surface area contributed by atoms with Gasteiger partial charge < -0.3 is 33.2 Å². The third-order valence-corrected chi connectivity index (χ3v) is 5.91. The van der Waals surface area contributed by atoms with Crippen molar-refractivity contribution in [1.82, 2.24) is 0 Å². The van der Waals surface area contributed by atoms with E-state index >= 15 is 0 Å². The molecule has 3 rings (SSSR count). The average molecular weight is 539 g/mol. The molecule has 0 amide bonds. The van der Waals surface area contributed by atoms with Crippen LogP contribution < -0.4 is 4.74 Å². The number of hydrogen-bond acceptors (Lipinski definition) is 8. The molecule has 3 aromatic carbocycles. The standard InChI is InChI=1S/C31H38O8/c1-33-25-35-18-17-31(23-36-19-26-9-5-3-6-10-26,24-37-20-28-13-15-29(34-2)16-14-28)39-22-30(32)38-21-27-11-7-4-8-12-27/h3-16H,17-25H2,1-2H3. The molecule has 8 heteroatoms. The van der Waals surface area contributed by atoms with Crippen LogP contribution in [-0.2, 0) is 53.0 Å². The molecule has 1 atom stereocenters. The number of carbonyl (C=O) groups is 1. The molecular weight excluding hydrogens is 500 g/mol. The Morgan fingerprint density at radius 1 is 0.692 bits per heavy atom. The number of carbonyl (C=O) groups excluding carboxylic acids is 1. The summed E-state index contributed by atoms with van der Waals surface area (Å²) in [5, 5.41) is 0. The van der Waals surface area contributed by atoms with E-state index in [0.29, 0.717) is 26.2 Å². The van der Waals surface area contributed by atoms with Crippen LogP contribution in [0.3, 0.4) is 0 Å². The van der Waals surface area contributed by atoms with Crippen molar-refractivity contribution in [2.45, 2.75) is 31.8 Å². The summed E-state index contributed by atoms with van der Waals surface area (Å²) in [6, 6.07) is 27.0. The van der Waals surface area contributed by atoms with Crippen molar-refractivity contribution in [3.05, 3.63) is 102 Å². The summed E-state index contributed by atoms with van der Waals surface area (Å²) in [6.07, 6.45) is 0.416. The van der Waals surface area contributed by atoms with Crippen LogP contribution in [0.25, 0.3) is 0 Å². The zero-order valence-corrected chi connectivity index (χ0v) is 22.7. The van der Waals surface area contributed by atoms with E-state index in [-0.39, 0.29) is 33.2 Å². The van der Waals surface area contributed by atoms with Crippen molar-refractivity contribution in [3.8, 4) is 5.75 Å². The molecule has 0 spiro atoms. The van der Waals surface area contributed by atoms with E-state index in [1.807, 2.05) is 84.9 Å². The first kappa shape index (κ1) is 30.3. The van der Waals surface area contributed by atoms with Gasteiger partial charge in [-0.2, -0.15) is 0 Å². The minimum atomic E-state index is -0.958. The van der Waals surface area contributed by atoms with Crippen LogP contribution >= 0.6 is 0 Å². The van der Waals surface area contributed by atoms with Gasteiger partial charge in [-0.25, -0.2) is 4.79 Å². The average Bonchev–Trinajstić information content (AvgIpc) is 2.98. The molecule has 0 saturated heterocycles. The van der Waals surface area contributed by atoms with Crippen molar-refractivity contribution >= 4 is 5.97 Å². The van der Waals surface area contributed by atoms with Gasteiger partial charge in [-0.1, -0.05) is 72.8 Å². The van der Waals surface area contributed by atoms with Gasteiger partial charge >= 0.3 is 5.97 Å². The van der Waals surface area contributed by atoms with Crippen LogP contribution in [0.2, 0.25) is 0 Å². The van der Waals surface area contributed by atoms with E-state index in [4.69, 9.17) is 33.2 Å². The van der Waals surface area contributed by atoms with Gasteiger partial charge in [0.2, 0.25) is 0 Å². The Morgan fingerprint density at radius 3 is 1.82 bits per heavy atom. The molecule has 0 aliphatic rings. The molecule has 0 bridgehead atoms. The molecule has 3 aromatic rings. The summed E-state index contributed by atoms with van der Waals surface area (Å²) in [4.78, 5) is 12.6. The quantitative estimate of drug-likeness (QED) is 0.121. The second-order valence-electron chi connectivity index (χ2n) is 9.00. The number of benzene rings is 3. The van der Waals surface area contributed by atoms with Gasteiger partial charge in [-0.3, -0.25) is 0 Å². The number of hydrogen-bond donors (Lipinski definition) is 0. The fourth-order valence-corrected chi connectivity index (χ4v) is 3.74. The molecule has 0 aliphatic carbocycles. The maximum atomic E-state index is 12.6. The molecular formula is C31H38O8. The van der Waals surface area contributed by atoms with Crippen molar-refractivity contribution in [1.29, 1.82) is 0 Å². The van der Waals surface area contributed by atoms with E-state index in [0.717, 1.165) is 22.4 Å². The maximum absolute atomic E-state index is 12.6. The van der Waals surface area contributed by atoms with Crippen LogP contribution in [0.1, 0.15) is 23.1 Å². The lowest BCUT2D eigenvalue weighted by Crippen LogP contribution is -2.45. The summed E-state index contributed by atoms with van der Waals surface area (Å²) < 4.78 is 39.6. The van der Waals surface area contributed by atoms with Gasteiger partial charge in [0.15, 0.2) is 0 Å². The highest BCUT2D eigenvalue weighted by Gasteiger charge is 2.33. The molecule has 39 heavy (non-hydrogen) atoms. The Morgan fingerprint density at radius 2 is 1.26 bits per heavy atom. The zero-order chi connectivity index (χ0) is 27.6. The lowest BCUT2D eigenvalue weighted by Gasteiger charge is -2.33. The predicted octanol–water partition coefficient (Wildman–Crippen LogP) is 4.94. The zero-order valence-electron chi connectivity index (χ0n) is 22.7. The topological polar surface area (TPSA) is 81.7 Å². The molecule has 0 N–H and O–H groups in total.